The first-order chi connectivity index (χ1) is 6.96. The standard InChI is InChI=1S/C13H14N2/c1-13(2,3)7-10-4-5-11(8-14)12(6-10)9-15/h4-6H,7H2,1-3H3. The Labute approximate surface area is 90.8 Å². The van der Waals surface area contributed by atoms with Gasteiger partial charge in [0.1, 0.15) is 12.1 Å². The Balaban J connectivity index is 3.07. The van der Waals surface area contributed by atoms with E-state index in [0.29, 0.717) is 11.1 Å². The predicted molar refractivity (Wildman–Crippen MR) is 59.0 cm³/mol. The van der Waals surface area contributed by atoms with Crippen molar-refractivity contribution >= 4 is 0 Å². The molecule has 0 amide bonds. The average molecular weight is 198 g/mol. The van der Waals surface area contributed by atoms with Gasteiger partial charge in [0.2, 0.25) is 0 Å². The van der Waals surface area contributed by atoms with Crippen LogP contribution in [0.4, 0.5) is 0 Å². The summed E-state index contributed by atoms with van der Waals surface area (Å²) in [6.07, 6.45) is 0.910. The van der Waals surface area contributed by atoms with E-state index in [1.165, 1.54) is 0 Å². The van der Waals surface area contributed by atoms with Gasteiger partial charge in [-0.15, -0.1) is 0 Å². The number of hydrogen-bond acceptors (Lipinski definition) is 2. The van der Waals surface area contributed by atoms with E-state index in [0.717, 1.165) is 12.0 Å². The highest BCUT2D eigenvalue weighted by atomic mass is 14.3. The van der Waals surface area contributed by atoms with E-state index in [9.17, 15) is 0 Å². The maximum Gasteiger partial charge on any atom is 0.101 e. The van der Waals surface area contributed by atoms with Gasteiger partial charge in [-0.1, -0.05) is 26.8 Å². The van der Waals surface area contributed by atoms with Crippen LogP contribution in [0.5, 0.6) is 0 Å². The van der Waals surface area contributed by atoms with Crippen molar-refractivity contribution in [3.05, 3.63) is 34.9 Å². The van der Waals surface area contributed by atoms with Crippen molar-refractivity contribution in [3.63, 3.8) is 0 Å². The van der Waals surface area contributed by atoms with E-state index in [4.69, 9.17) is 10.5 Å². The molecule has 1 aromatic carbocycles. The Morgan fingerprint density at radius 1 is 1.07 bits per heavy atom. The zero-order valence-corrected chi connectivity index (χ0v) is 9.33. The first-order valence-electron chi connectivity index (χ1n) is 4.89. The van der Waals surface area contributed by atoms with E-state index in [1.54, 1.807) is 6.07 Å². The minimum atomic E-state index is 0.195. The average Bonchev–Trinajstić information content (AvgIpc) is 2.15. The van der Waals surface area contributed by atoms with Gasteiger partial charge < -0.3 is 0 Å². The molecule has 1 rings (SSSR count). The van der Waals surface area contributed by atoms with Crippen LogP contribution in [0.25, 0.3) is 0 Å². The second-order valence-corrected chi connectivity index (χ2v) is 4.84. The van der Waals surface area contributed by atoms with Crippen LogP contribution in [0, 0.1) is 28.1 Å². The zero-order chi connectivity index (χ0) is 11.5. The highest BCUT2D eigenvalue weighted by molar-refractivity contribution is 5.47. The fraction of sp³-hybridized carbons (Fsp3) is 0.385. The molecule has 0 heterocycles. The summed E-state index contributed by atoms with van der Waals surface area (Å²) >= 11 is 0. The van der Waals surface area contributed by atoms with Gasteiger partial charge >= 0.3 is 0 Å². The summed E-state index contributed by atoms with van der Waals surface area (Å²) in [5.74, 6) is 0. The number of nitrogens with zero attached hydrogens (tertiary/aromatic N) is 2. The Morgan fingerprint density at radius 3 is 2.13 bits per heavy atom. The molecule has 0 saturated carbocycles. The first-order valence-corrected chi connectivity index (χ1v) is 4.89. The molecule has 2 heteroatoms. The maximum absolute atomic E-state index is 8.87. The monoisotopic (exact) mass is 198 g/mol. The Morgan fingerprint density at radius 2 is 1.67 bits per heavy atom. The molecule has 0 aliphatic carbocycles. The molecule has 2 nitrogen and oxygen atoms in total. The number of nitriles is 2. The summed E-state index contributed by atoms with van der Waals surface area (Å²) in [4.78, 5) is 0. The van der Waals surface area contributed by atoms with Crippen LogP contribution >= 0.6 is 0 Å². The quantitative estimate of drug-likeness (QED) is 0.696. The van der Waals surface area contributed by atoms with Gasteiger partial charge in [-0.05, 0) is 29.5 Å². The van der Waals surface area contributed by atoms with E-state index < -0.39 is 0 Å². The second-order valence-electron chi connectivity index (χ2n) is 4.84. The third kappa shape index (κ3) is 3.11. The lowest BCUT2D eigenvalue weighted by molar-refractivity contribution is 0.411. The van der Waals surface area contributed by atoms with Gasteiger partial charge in [0.05, 0.1) is 11.1 Å². The van der Waals surface area contributed by atoms with Crippen LogP contribution in [0.2, 0.25) is 0 Å². The van der Waals surface area contributed by atoms with Crippen LogP contribution in [0.15, 0.2) is 18.2 Å². The van der Waals surface area contributed by atoms with Crippen molar-refractivity contribution in [2.24, 2.45) is 5.41 Å². The lowest BCUT2D eigenvalue weighted by Crippen LogP contribution is -2.09. The molecule has 0 atom stereocenters. The van der Waals surface area contributed by atoms with E-state index in [1.807, 2.05) is 18.2 Å². The molecule has 0 fully saturated rings. The van der Waals surface area contributed by atoms with E-state index in [-0.39, 0.29) is 5.41 Å². The Kier molecular flexibility index (Phi) is 3.12. The fourth-order valence-corrected chi connectivity index (χ4v) is 1.50. The molecule has 0 N–H and O–H groups in total. The topological polar surface area (TPSA) is 47.6 Å². The van der Waals surface area contributed by atoms with E-state index in [2.05, 4.69) is 26.8 Å². The molecule has 76 valence electrons. The molecule has 0 saturated heterocycles. The van der Waals surface area contributed by atoms with Crippen LogP contribution in [0.3, 0.4) is 0 Å². The van der Waals surface area contributed by atoms with Gasteiger partial charge in [-0.2, -0.15) is 10.5 Å². The smallest absolute Gasteiger partial charge is 0.101 e. The minimum Gasteiger partial charge on any atom is -0.192 e. The highest BCUT2D eigenvalue weighted by Gasteiger charge is 2.12. The molecule has 0 aromatic heterocycles. The van der Waals surface area contributed by atoms with Crippen molar-refractivity contribution in [3.8, 4) is 12.1 Å². The summed E-state index contributed by atoms with van der Waals surface area (Å²) in [6, 6.07) is 9.52. The minimum absolute atomic E-state index is 0.195. The number of hydrogen-bond donors (Lipinski definition) is 0. The fourth-order valence-electron chi connectivity index (χ4n) is 1.50. The van der Waals surface area contributed by atoms with Crippen molar-refractivity contribution in [2.45, 2.75) is 27.2 Å². The Bertz CT molecular complexity index is 439. The largest absolute Gasteiger partial charge is 0.192 e. The van der Waals surface area contributed by atoms with Crippen molar-refractivity contribution < 1.29 is 0 Å². The molecule has 0 spiro atoms. The van der Waals surface area contributed by atoms with Gasteiger partial charge in [-0.3, -0.25) is 0 Å². The van der Waals surface area contributed by atoms with Gasteiger partial charge in [0, 0.05) is 0 Å². The summed E-state index contributed by atoms with van der Waals surface area (Å²) in [5, 5.41) is 17.6. The lowest BCUT2D eigenvalue weighted by atomic mass is 9.87. The summed E-state index contributed by atoms with van der Waals surface area (Å²) in [7, 11) is 0. The number of benzene rings is 1. The summed E-state index contributed by atoms with van der Waals surface area (Å²) < 4.78 is 0. The molecular formula is C13H14N2. The molecule has 0 aliphatic rings. The molecule has 15 heavy (non-hydrogen) atoms. The summed E-state index contributed by atoms with van der Waals surface area (Å²) in [6.45, 7) is 6.45. The normalized spacial score (nSPS) is 10.5. The third-order valence-corrected chi connectivity index (χ3v) is 2.06. The zero-order valence-electron chi connectivity index (χ0n) is 9.33. The molecule has 0 radical (unpaired) electrons. The van der Waals surface area contributed by atoms with Crippen molar-refractivity contribution in [2.75, 3.05) is 0 Å². The van der Waals surface area contributed by atoms with Crippen molar-refractivity contribution in [1.82, 2.24) is 0 Å². The van der Waals surface area contributed by atoms with Crippen LogP contribution in [0.1, 0.15) is 37.5 Å². The predicted octanol–water partition coefficient (Wildman–Crippen LogP) is 3.02. The maximum atomic E-state index is 8.87. The molecule has 1 aromatic rings. The van der Waals surface area contributed by atoms with Crippen LogP contribution in [-0.2, 0) is 6.42 Å². The van der Waals surface area contributed by atoms with Crippen LogP contribution < -0.4 is 0 Å². The molecule has 0 aliphatic heterocycles. The van der Waals surface area contributed by atoms with Gasteiger partial charge in [-0.25, -0.2) is 0 Å². The van der Waals surface area contributed by atoms with Gasteiger partial charge in [0.25, 0.3) is 0 Å². The molecule has 0 unspecified atom stereocenters. The second kappa shape index (κ2) is 4.15. The van der Waals surface area contributed by atoms with Crippen molar-refractivity contribution in [1.29, 1.82) is 10.5 Å². The highest BCUT2D eigenvalue weighted by Crippen LogP contribution is 2.22. The molecular weight excluding hydrogens is 184 g/mol. The first kappa shape index (κ1) is 11.3. The van der Waals surface area contributed by atoms with E-state index >= 15 is 0 Å². The van der Waals surface area contributed by atoms with Crippen LogP contribution in [-0.4, -0.2) is 0 Å². The third-order valence-electron chi connectivity index (χ3n) is 2.06. The number of rotatable bonds is 1. The SMILES string of the molecule is CC(C)(C)Cc1ccc(C#N)c(C#N)c1. The molecule has 0 bridgehead atoms. The Hall–Kier alpha value is -1.80. The van der Waals surface area contributed by atoms with Gasteiger partial charge in [0.15, 0.2) is 0 Å². The summed E-state index contributed by atoms with van der Waals surface area (Å²) in [5.41, 5.74) is 2.23. The lowest BCUT2D eigenvalue weighted by Gasteiger charge is -2.18.